The van der Waals surface area contributed by atoms with Gasteiger partial charge in [0.15, 0.2) is 0 Å². The van der Waals surface area contributed by atoms with Crippen LogP contribution in [0.25, 0.3) is 11.4 Å². The summed E-state index contributed by atoms with van der Waals surface area (Å²) < 4.78 is 41.9. The molecular weight excluding hydrogens is 409 g/mol. The van der Waals surface area contributed by atoms with Crippen LogP contribution in [0.5, 0.6) is 0 Å². The highest BCUT2D eigenvalue weighted by Gasteiger charge is 2.38. The maximum absolute atomic E-state index is 12.6. The lowest BCUT2D eigenvalue weighted by Gasteiger charge is -2.32. The summed E-state index contributed by atoms with van der Waals surface area (Å²) in [6.45, 7) is 1.13. The monoisotopic (exact) mass is 428 g/mol. The Morgan fingerprint density at radius 2 is 2.10 bits per heavy atom. The molecule has 2 heterocycles. The van der Waals surface area contributed by atoms with Gasteiger partial charge in [-0.15, -0.1) is 0 Å². The molecule has 0 saturated carbocycles. The molecule has 1 aliphatic rings. The highest BCUT2D eigenvalue weighted by molar-refractivity contribution is 8.00. The molecule has 1 aromatic heterocycles. The lowest BCUT2D eigenvalue weighted by molar-refractivity contribution is -0.159. The van der Waals surface area contributed by atoms with Crippen LogP contribution in [0.15, 0.2) is 33.9 Å². The van der Waals surface area contributed by atoms with E-state index in [0.717, 1.165) is 11.3 Å². The van der Waals surface area contributed by atoms with E-state index in [-0.39, 0.29) is 23.4 Å². The van der Waals surface area contributed by atoms with E-state index >= 15 is 0 Å². The number of alkyl halides is 3. The normalized spacial score (nSPS) is 18.9. The van der Waals surface area contributed by atoms with Gasteiger partial charge in [-0.3, -0.25) is 4.79 Å². The van der Waals surface area contributed by atoms with Gasteiger partial charge in [0.2, 0.25) is 11.7 Å². The number of oxime groups is 1. The fraction of sp³-hybridized carbons (Fsp3) is 0.444. The zero-order valence-electron chi connectivity index (χ0n) is 15.8. The number of hydrogen-bond acceptors (Lipinski definition) is 7. The van der Waals surface area contributed by atoms with Gasteiger partial charge >= 0.3 is 12.1 Å². The first-order valence-electron chi connectivity index (χ1n) is 8.72. The van der Waals surface area contributed by atoms with Crippen molar-refractivity contribution in [1.29, 1.82) is 0 Å². The van der Waals surface area contributed by atoms with E-state index < -0.39 is 12.1 Å². The number of benzene rings is 1. The van der Waals surface area contributed by atoms with E-state index in [1.807, 2.05) is 6.26 Å². The quantitative estimate of drug-likeness (QED) is 0.680. The van der Waals surface area contributed by atoms with E-state index in [9.17, 15) is 18.0 Å². The maximum Gasteiger partial charge on any atom is 0.471 e. The molecule has 11 heteroatoms. The molecule has 0 spiro atoms. The van der Waals surface area contributed by atoms with E-state index in [0.29, 0.717) is 25.1 Å². The second kappa shape index (κ2) is 8.85. The molecule has 29 heavy (non-hydrogen) atoms. The second-order valence-corrected chi connectivity index (χ2v) is 7.41. The summed E-state index contributed by atoms with van der Waals surface area (Å²) >= 11 is 1.62. The first-order valence-corrected chi connectivity index (χ1v) is 10.0. The molecule has 1 atom stereocenters. The Morgan fingerprint density at radius 3 is 2.69 bits per heavy atom. The molecule has 1 saturated heterocycles. The summed E-state index contributed by atoms with van der Waals surface area (Å²) in [7, 11) is 1.50. The van der Waals surface area contributed by atoms with Gasteiger partial charge in [-0.2, -0.15) is 29.9 Å². The molecule has 3 rings (SSSR count). The number of rotatable bonds is 5. The minimum atomic E-state index is -4.69. The molecule has 0 N–H and O–H groups in total. The molecule has 1 fully saturated rings. The molecule has 2 aromatic rings. The molecule has 1 unspecified atom stereocenters. The average molecular weight is 428 g/mol. The lowest BCUT2D eigenvalue weighted by Crippen LogP contribution is -2.46. The highest BCUT2D eigenvalue weighted by Crippen LogP contribution is 2.29. The van der Waals surface area contributed by atoms with E-state index in [1.54, 1.807) is 40.9 Å². The number of amides is 1. The fourth-order valence-electron chi connectivity index (χ4n) is 2.98. The molecular formula is C18H19F3N4O3S. The molecule has 0 aliphatic carbocycles. The zero-order valence-corrected chi connectivity index (χ0v) is 16.6. The number of likely N-dealkylation sites (tertiary alicyclic amines) is 1. The zero-order chi connectivity index (χ0) is 21.0. The minimum absolute atomic E-state index is 0.0211. The summed E-state index contributed by atoms with van der Waals surface area (Å²) in [5.41, 5.74) is 2.06. The van der Waals surface area contributed by atoms with Crippen molar-refractivity contribution in [3.8, 4) is 11.4 Å². The van der Waals surface area contributed by atoms with Crippen LogP contribution in [0.3, 0.4) is 0 Å². The summed E-state index contributed by atoms with van der Waals surface area (Å²) in [5.74, 6) is -1.57. The van der Waals surface area contributed by atoms with Crippen molar-refractivity contribution in [2.75, 3.05) is 26.5 Å². The number of hydrogen-bond donors (Lipinski definition) is 0. The van der Waals surface area contributed by atoms with Gasteiger partial charge < -0.3 is 14.3 Å². The van der Waals surface area contributed by atoms with Crippen molar-refractivity contribution in [2.24, 2.45) is 5.16 Å². The second-order valence-electron chi connectivity index (χ2n) is 6.37. The minimum Gasteiger partial charge on any atom is -0.399 e. The Labute approximate surface area is 169 Å². The Morgan fingerprint density at radius 1 is 1.38 bits per heavy atom. The number of nitrogens with zero attached hydrogens (tertiary/aromatic N) is 4. The van der Waals surface area contributed by atoms with E-state index in [2.05, 4.69) is 19.8 Å². The van der Waals surface area contributed by atoms with Gasteiger partial charge in [-0.1, -0.05) is 34.6 Å². The van der Waals surface area contributed by atoms with Gasteiger partial charge in [-0.25, -0.2) is 0 Å². The lowest BCUT2D eigenvalue weighted by atomic mass is 10.1. The molecule has 0 radical (unpaired) electrons. The number of piperidine rings is 1. The Kier molecular flexibility index (Phi) is 6.46. The number of thioether (sulfide) groups is 1. The van der Waals surface area contributed by atoms with Crippen LogP contribution >= 0.6 is 11.8 Å². The standard InChI is InChI=1S/C18H19F3N4O3S/c1-27-23-13-7-8-25(10-14(13)29-2)15(26)9-11-3-5-12(6-4-11)16-22-17(28-24-16)18(19,20)21/h3-6,14H,7-10H2,1-2H3. The molecule has 7 nitrogen and oxygen atoms in total. The third kappa shape index (κ3) is 5.08. The topological polar surface area (TPSA) is 80.8 Å². The molecule has 1 aromatic carbocycles. The van der Waals surface area contributed by atoms with E-state index in [1.165, 1.54) is 7.11 Å². The van der Waals surface area contributed by atoms with Crippen LogP contribution in [-0.4, -0.2) is 58.4 Å². The molecule has 1 aliphatic heterocycles. The molecule has 0 bridgehead atoms. The van der Waals surface area contributed by atoms with Crippen molar-refractivity contribution in [2.45, 2.75) is 24.3 Å². The molecule has 1 amide bonds. The SMILES string of the molecule is CON=C1CCN(C(=O)Cc2ccc(-c3noc(C(F)(F)F)n3)cc2)CC1SC. The fourth-order valence-corrected chi connectivity index (χ4v) is 3.74. The third-order valence-electron chi connectivity index (χ3n) is 4.48. The Bertz CT molecular complexity index is 883. The average Bonchev–Trinajstić information content (AvgIpc) is 3.20. The summed E-state index contributed by atoms with van der Waals surface area (Å²) in [4.78, 5) is 22.7. The number of halogens is 3. The first-order chi connectivity index (χ1) is 13.8. The van der Waals surface area contributed by atoms with Crippen LogP contribution in [0, 0.1) is 0 Å². The first kappa shape index (κ1) is 21.2. The summed E-state index contributed by atoms with van der Waals surface area (Å²) in [5, 5.41) is 7.48. The van der Waals surface area contributed by atoms with Crippen LogP contribution in [0.4, 0.5) is 13.2 Å². The van der Waals surface area contributed by atoms with Crippen molar-refractivity contribution in [3.63, 3.8) is 0 Å². The van der Waals surface area contributed by atoms with Gasteiger partial charge in [0.1, 0.15) is 7.11 Å². The van der Waals surface area contributed by atoms with Gasteiger partial charge in [-0.05, 0) is 11.8 Å². The predicted octanol–water partition coefficient (Wildman–Crippen LogP) is 3.26. The van der Waals surface area contributed by atoms with Gasteiger partial charge in [0.05, 0.1) is 17.4 Å². The van der Waals surface area contributed by atoms with Crippen molar-refractivity contribution >= 4 is 23.4 Å². The number of carbonyl (C=O) groups is 1. The van der Waals surface area contributed by atoms with Crippen molar-refractivity contribution in [1.82, 2.24) is 15.0 Å². The van der Waals surface area contributed by atoms with Crippen molar-refractivity contribution in [3.05, 3.63) is 35.7 Å². The van der Waals surface area contributed by atoms with Crippen molar-refractivity contribution < 1.29 is 27.3 Å². The Balaban J connectivity index is 1.63. The van der Waals surface area contributed by atoms with Crippen LogP contribution in [0.1, 0.15) is 17.9 Å². The smallest absolute Gasteiger partial charge is 0.399 e. The summed E-state index contributed by atoms with van der Waals surface area (Å²) in [6, 6.07) is 6.48. The predicted molar refractivity (Wildman–Crippen MR) is 101 cm³/mol. The van der Waals surface area contributed by atoms with Crippen LogP contribution in [-0.2, 0) is 22.2 Å². The van der Waals surface area contributed by atoms with Gasteiger partial charge in [0.25, 0.3) is 0 Å². The maximum atomic E-state index is 12.6. The Hall–Kier alpha value is -2.56. The summed E-state index contributed by atoms with van der Waals surface area (Å²) in [6.07, 6.45) is -1.87. The van der Waals surface area contributed by atoms with Gasteiger partial charge in [0, 0.05) is 25.1 Å². The van der Waals surface area contributed by atoms with Crippen LogP contribution < -0.4 is 0 Å². The largest absolute Gasteiger partial charge is 0.471 e. The highest BCUT2D eigenvalue weighted by atomic mass is 32.2. The van der Waals surface area contributed by atoms with Crippen LogP contribution in [0.2, 0.25) is 0 Å². The third-order valence-corrected chi connectivity index (χ3v) is 5.47. The number of aromatic nitrogens is 2. The number of carbonyl (C=O) groups excluding carboxylic acids is 1. The van der Waals surface area contributed by atoms with E-state index in [4.69, 9.17) is 4.84 Å². The molecule has 156 valence electrons.